The largest absolute Gasteiger partial charge is 0.490 e. The molecule has 0 spiro atoms. The Kier molecular flexibility index (Phi) is 4.48. The van der Waals surface area contributed by atoms with Gasteiger partial charge in [0.1, 0.15) is 5.75 Å². The number of benzene rings is 2. The highest BCUT2D eigenvalue weighted by Crippen LogP contribution is 2.39. The van der Waals surface area contributed by atoms with Gasteiger partial charge in [0.25, 0.3) is 0 Å². The molecule has 1 amide bonds. The number of nitrogens with zero attached hydrogens (tertiary/aromatic N) is 1. The molecule has 0 radical (unpaired) electrons. The zero-order valence-electron chi connectivity index (χ0n) is 14.8. The summed E-state index contributed by atoms with van der Waals surface area (Å²) in [4.78, 5) is 14.7. The molecule has 1 saturated carbocycles. The molecule has 2 aliphatic rings. The minimum Gasteiger partial charge on any atom is -0.490 e. The SMILES string of the molecule is CCN1C(=O)[C@@H](Cc2ccc(OC3CCCC3)cc2)c2ccccc21. The van der Waals surface area contributed by atoms with Crippen LogP contribution in [0.25, 0.3) is 0 Å². The van der Waals surface area contributed by atoms with E-state index in [9.17, 15) is 4.79 Å². The number of carbonyl (C=O) groups excluding carboxylic acids is 1. The molecule has 1 fully saturated rings. The van der Waals surface area contributed by atoms with Gasteiger partial charge in [-0.2, -0.15) is 0 Å². The first-order valence-electron chi connectivity index (χ1n) is 9.42. The number of anilines is 1. The zero-order valence-corrected chi connectivity index (χ0v) is 14.8. The number of ether oxygens (including phenoxy) is 1. The highest BCUT2D eigenvalue weighted by Gasteiger charge is 2.35. The molecule has 0 N–H and O–H groups in total. The summed E-state index contributed by atoms with van der Waals surface area (Å²) >= 11 is 0. The average molecular weight is 335 g/mol. The van der Waals surface area contributed by atoms with Crippen LogP contribution < -0.4 is 9.64 Å². The topological polar surface area (TPSA) is 29.5 Å². The molecule has 2 aromatic rings. The summed E-state index contributed by atoms with van der Waals surface area (Å²) in [7, 11) is 0. The van der Waals surface area contributed by atoms with Gasteiger partial charge in [-0.3, -0.25) is 4.79 Å². The van der Waals surface area contributed by atoms with Crippen molar-refractivity contribution in [1.82, 2.24) is 0 Å². The molecule has 0 saturated heterocycles. The number of carbonyl (C=O) groups is 1. The van der Waals surface area contributed by atoms with Gasteiger partial charge in [0.2, 0.25) is 5.91 Å². The molecule has 130 valence electrons. The molecule has 0 unspecified atom stereocenters. The van der Waals surface area contributed by atoms with E-state index in [2.05, 4.69) is 36.4 Å². The molecule has 4 rings (SSSR count). The number of hydrogen-bond acceptors (Lipinski definition) is 2. The maximum atomic E-state index is 12.8. The molecule has 2 aromatic carbocycles. The maximum absolute atomic E-state index is 12.8. The van der Waals surface area contributed by atoms with Crippen molar-refractivity contribution in [1.29, 1.82) is 0 Å². The first-order valence-corrected chi connectivity index (χ1v) is 9.42. The van der Waals surface area contributed by atoms with Gasteiger partial charge < -0.3 is 9.64 Å². The van der Waals surface area contributed by atoms with E-state index < -0.39 is 0 Å². The maximum Gasteiger partial charge on any atom is 0.234 e. The number of hydrogen-bond donors (Lipinski definition) is 0. The van der Waals surface area contributed by atoms with Crippen molar-refractivity contribution in [2.24, 2.45) is 0 Å². The van der Waals surface area contributed by atoms with Gasteiger partial charge in [-0.05, 0) is 68.4 Å². The monoisotopic (exact) mass is 335 g/mol. The van der Waals surface area contributed by atoms with Crippen molar-refractivity contribution < 1.29 is 9.53 Å². The first-order chi connectivity index (χ1) is 12.3. The van der Waals surface area contributed by atoms with E-state index >= 15 is 0 Å². The summed E-state index contributed by atoms with van der Waals surface area (Å²) < 4.78 is 6.04. The van der Waals surface area contributed by atoms with Crippen molar-refractivity contribution in [3.63, 3.8) is 0 Å². The fourth-order valence-corrected chi connectivity index (χ4v) is 4.13. The molecule has 1 aliphatic heterocycles. The second-order valence-electron chi connectivity index (χ2n) is 7.07. The van der Waals surface area contributed by atoms with E-state index in [1.54, 1.807) is 0 Å². The van der Waals surface area contributed by atoms with Crippen LogP contribution in [-0.2, 0) is 11.2 Å². The lowest BCUT2D eigenvalue weighted by molar-refractivity contribution is -0.119. The summed E-state index contributed by atoms with van der Waals surface area (Å²) in [5.74, 6) is 1.09. The second kappa shape index (κ2) is 6.91. The smallest absolute Gasteiger partial charge is 0.234 e. The average Bonchev–Trinajstić information content (AvgIpc) is 3.23. The Morgan fingerprint density at radius 3 is 2.48 bits per heavy atom. The molecule has 25 heavy (non-hydrogen) atoms. The molecule has 0 aromatic heterocycles. The molecule has 1 aliphatic carbocycles. The highest BCUT2D eigenvalue weighted by atomic mass is 16.5. The predicted molar refractivity (Wildman–Crippen MR) is 100 cm³/mol. The van der Waals surface area contributed by atoms with Crippen molar-refractivity contribution in [3.05, 3.63) is 59.7 Å². The van der Waals surface area contributed by atoms with Gasteiger partial charge in [0, 0.05) is 12.2 Å². The van der Waals surface area contributed by atoms with Gasteiger partial charge >= 0.3 is 0 Å². The number of amides is 1. The summed E-state index contributed by atoms with van der Waals surface area (Å²) in [6, 6.07) is 16.5. The van der Waals surface area contributed by atoms with Crippen LogP contribution in [-0.4, -0.2) is 18.6 Å². The molecular formula is C22H25NO2. The minimum absolute atomic E-state index is 0.0715. The van der Waals surface area contributed by atoms with Crippen molar-refractivity contribution in [2.45, 2.75) is 51.0 Å². The molecule has 0 bridgehead atoms. The third kappa shape index (κ3) is 3.15. The minimum atomic E-state index is -0.0715. The van der Waals surface area contributed by atoms with E-state index in [0.717, 1.165) is 30.0 Å². The standard InChI is InChI=1S/C22H25NO2/c1-2-23-21-10-6-5-9-19(21)20(22(23)24)15-16-11-13-18(14-12-16)25-17-7-3-4-8-17/h5-6,9-14,17,20H,2-4,7-8,15H2,1H3/t20-/m0/s1. The van der Waals surface area contributed by atoms with Gasteiger partial charge in [0.15, 0.2) is 0 Å². The Morgan fingerprint density at radius 2 is 1.76 bits per heavy atom. The fourth-order valence-electron chi connectivity index (χ4n) is 4.13. The summed E-state index contributed by atoms with van der Waals surface area (Å²) in [6.45, 7) is 2.76. The Morgan fingerprint density at radius 1 is 1.04 bits per heavy atom. The quantitative estimate of drug-likeness (QED) is 0.792. The summed E-state index contributed by atoms with van der Waals surface area (Å²) in [5, 5.41) is 0. The van der Waals surface area contributed by atoms with Crippen LogP contribution in [0.3, 0.4) is 0 Å². The molecule has 3 heteroatoms. The van der Waals surface area contributed by atoms with E-state index in [1.807, 2.05) is 24.0 Å². The summed E-state index contributed by atoms with van der Waals surface area (Å²) in [6.07, 6.45) is 6.02. The first kappa shape index (κ1) is 16.2. The van der Waals surface area contributed by atoms with Crippen LogP contribution in [0.2, 0.25) is 0 Å². The Labute approximate surface area is 149 Å². The Bertz CT molecular complexity index is 747. The van der Waals surface area contributed by atoms with E-state index in [-0.39, 0.29) is 11.8 Å². The van der Waals surface area contributed by atoms with Crippen LogP contribution in [0.1, 0.15) is 49.7 Å². The van der Waals surface area contributed by atoms with Crippen LogP contribution in [0.4, 0.5) is 5.69 Å². The van der Waals surface area contributed by atoms with Crippen LogP contribution in [0.15, 0.2) is 48.5 Å². The number of fused-ring (bicyclic) bond motifs is 1. The molecule has 3 nitrogen and oxygen atoms in total. The van der Waals surface area contributed by atoms with Crippen LogP contribution >= 0.6 is 0 Å². The lowest BCUT2D eigenvalue weighted by Gasteiger charge is -2.16. The van der Waals surface area contributed by atoms with Crippen LogP contribution in [0.5, 0.6) is 5.75 Å². The van der Waals surface area contributed by atoms with Gasteiger partial charge in [0.05, 0.1) is 12.0 Å². The molecule has 1 heterocycles. The number of rotatable bonds is 5. The van der Waals surface area contributed by atoms with Gasteiger partial charge in [-0.25, -0.2) is 0 Å². The Hall–Kier alpha value is -2.29. The Balaban J connectivity index is 1.49. The third-order valence-corrected chi connectivity index (χ3v) is 5.45. The van der Waals surface area contributed by atoms with Crippen molar-refractivity contribution >= 4 is 11.6 Å². The number of para-hydroxylation sites is 1. The highest BCUT2D eigenvalue weighted by molar-refractivity contribution is 6.05. The van der Waals surface area contributed by atoms with E-state index in [4.69, 9.17) is 4.74 Å². The second-order valence-corrected chi connectivity index (χ2v) is 7.07. The predicted octanol–water partition coefficient (Wildman–Crippen LogP) is 4.70. The van der Waals surface area contributed by atoms with Crippen LogP contribution in [0, 0.1) is 0 Å². The normalized spacial score (nSPS) is 20.1. The lowest BCUT2D eigenvalue weighted by Crippen LogP contribution is -2.29. The fraction of sp³-hybridized carbons (Fsp3) is 0.409. The molecule has 1 atom stereocenters. The van der Waals surface area contributed by atoms with Crippen molar-refractivity contribution in [3.8, 4) is 5.75 Å². The number of likely N-dealkylation sites (N-methyl/N-ethyl adjacent to an activating group) is 1. The van der Waals surface area contributed by atoms with Gasteiger partial charge in [-0.1, -0.05) is 30.3 Å². The van der Waals surface area contributed by atoms with E-state index in [0.29, 0.717) is 6.10 Å². The van der Waals surface area contributed by atoms with Gasteiger partial charge in [-0.15, -0.1) is 0 Å². The van der Waals surface area contributed by atoms with E-state index in [1.165, 1.54) is 31.2 Å². The van der Waals surface area contributed by atoms with Crippen molar-refractivity contribution in [2.75, 3.05) is 11.4 Å². The lowest BCUT2D eigenvalue weighted by atomic mass is 9.93. The molecular weight excluding hydrogens is 310 g/mol. The third-order valence-electron chi connectivity index (χ3n) is 5.45. The zero-order chi connectivity index (χ0) is 17.2. The summed E-state index contributed by atoms with van der Waals surface area (Å²) in [5.41, 5.74) is 3.41.